The van der Waals surface area contributed by atoms with Crippen molar-refractivity contribution in [3.63, 3.8) is 0 Å². The van der Waals surface area contributed by atoms with Crippen LogP contribution in [0.4, 0.5) is 13.2 Å². The van der Waals surface area contributed by atoms with Crippen LogP contribution in [-0.2, 0) is 0 Å². The summed E-state index contributed by atoms with van der Waals surface area (Å²) in [5.41, 5.74) is 1.29. The maximum absolute atomic E-state index is 14.3. The zero-order valence-electron chi connectivity index (χ0n) is 16.2. The molecule has 0 unspecified atom stereocenters. The minimum atomic E-state index is -0.834. The number of halogens is 3. The monoisotopic (exact) mass is 438 g/mol. The van der Waals surface area contributed by atoms with Gasteiger partial charge in [-0.1, -0.05) is 0 Å². The van der Waals surface area contributed by atoms with Crippen LogP contribution >= 0.6 is 0 Å². The first-order valence-corrected chi connectivity index (χ1v) is 9.71. The number of imidazole rings is 2. The van der Waals surface area contributed by atoms with Gasteiger partial charge in [-0.25, -0.2) is 27.9 Å². The summed E-state index contributed by atoms with van der Waals surface area (Å²) < 4.78 is 50.2. The summed E-state index contributed by atoms with van der Waals surface area (Å²) in [4.78, 5) is 28.5. The van der Waals surface area contributed by atoms with Crippen molar-refractivity contribution in [2.24, 2.45) is 0 Å². The van der Waals surface area contributed by atoms with Gasteiger partial charge in [0.15, 0.2) is 17.2 Å². The van der Waals surface area contributed by atoms with E-state index in [2.05, 4.69) is 19.9 Å². The van der Waals surface area contributed by atoms with Gasteiger partial charge in [0.25, 0.3) is 0 Å². The lowest BCUT2D eigenvalue weighted by Crippen LogP contribution is -2.28. The Bertz CT molecular complexity index is 1590. The summed E-state index contributed by atoms with van der Waals surface area (Å²) in [6.07, 6.45) is 3.18. The number of ether oxygens (including phenoxy) is 1. The topological polar surface area (TPSA) is 90.6 Å². The molecule has 0 spiro atoms. The SMILES string of the molecule is O=c1[nH]c2cnc(-n3cnc4ccc(F)cc43)nc2n1[C@@H]1CCOc2c(F)cc(F)cc21. The Morgan fingerprint density at radius 1 is 1.09 bits per heavy atom. The number of nitrogens with zero attached hydrogens (tertiary/aromatic N) is 5. The van der Waals surface area contributed by atoms with Gasteiger partial charge in [-0.15, -0.1) is 0 Å². The molecule has 0 bridgehead atoms. The van der Waals surface area contributed by atoms with Crippen LogP contribution in [0, 0.1) is 17.5 Å². The van der Waals surface area contributed by atoms with Gasteiger partial charge in [-0.3, -0.25) is 9.13 Å². The van der Waals surface area contributed by atoms with E-state index in [-0.39, 0.29) is 29.5 Å². The van der Waals surface area contributed by atoms with E-state index in [1.807, 2.05) is 0 Å². The molecule has 1 aliphatic heterocycles. The van der Waals surface area contributed by atoms with Crippen molar-refractivity contribution in [3.05, 3.63) is 76.4 Å². The highest BCUT2D eigenvalue weighted by Crippen LogP contribution is 2.37. The van der Waals surface area contributed by atoms with E-state index >= 15 is 0 Å². The number of benzene rings is 2. The Kier molecular flexibility index (Phi) is 3.88. The van der Waals surface area contributed by atoms with E-state index in [1.165, 1.54) is 39.9 Å². The third kappa shape index (κ3) is 2.70. The Hall–Kier alpha value is -4.15. The van der Waals surface area contributed by atoms with E-state index < -0.39 is 29.2 Å². The van der Waals surface area contributed by atoms with Gasteiger partial charge in [0, 0.05) is 24.1 Å². The second-order valence-corrected chi connectivity index (χ2v) is 7.41. The van der Waals surface area contributed by atoms with Gasteiger partial charge in [-0.2, -0.15) is 4.98 Å². The number of hydrogen-bond acceptors (Lipinski definition) is 5. The van der Waals surface area contributed by atoms with Crippen LogP contribution in [0.2, 0.25) is 0 Å². The van der Waals surface area contributed by atoms with Crippen LogP contribution in [0.25, 0.3) is 28.1 Å². The molecule has 2 aromatic carbocycles. The number of hydrogen-bond donors (Lipinski definition) is 1. The van der Waals surface area contributed by atoms with Crippen LogP contribution < -0.4 is 10.4 Å². The summed E-state index contributed by atoms with van der Waals surface area (Å²) in [7, 11) is 0. The van der Waals surface area contributed by atoms with Crippen molar-refractivity contribution < 1.29 is 17.9 Å². The predicted molar refractivity (Wildman–Crippen MR) is 107 cm³/mol. The molecule has 6 rings (SSSR count). The molecule has 32 heavy (non-hydrogen) atoms. The number of aromatic amines is 1. The second-order valence-electron chi connectivity index (χ2n) is 7.41. The minimum absolute atomic E-state index is 0.0886. The lowest BCUT2D eigenvalue weighted by Gasteiger charge is -2.27. The lowest BCUT2D eigenvalue weighted by atomic mass is 10.00. The zero-order valence-corrected chi connectivity index (χ0v) is 16.2. The van der Waals surface area contributed by atoms with Crippen LogP contribution in [0.1, 0.15) is 18.0 Å². The van der Waals surface area contributed by atoms with Crippen molar-refractivity contribution in [3.8, 4) is 11.7 Å². The van der Waals surface area contributed by atoms with E-state index in [9.17, 15) is 18.0 Å². The van der Waals surface area contributed by atoms with Gasteiger partial charge in [-0.05, 0) is 18.2 Å². The van der Waals surface area contributed by atoms with E-state index in [0.717, 1.165) is 12.1 Å². The molecule has 1 N–H and O–H groups in total. The van der Waals surface area contributed by atoms with Gasteiger partial charge >= 0.3 is 5.69 Å². The largest absolute Gasteiger partial charge is 0.490 e. The fraction of sp³-hybridized carbons (Fsp3) is 0.143. The third-order valence-corrected chi connectivity index (χ3v) is 5.51. The number of aromatic nitrogens is 6. The van der Waals surface area contributed by atoms with Gasteiger partial charge < -0.3 is 9.72 Å². The summed E-state index contributed by atoms with van der Waals surface area (Å²) in [6.45, 7) is 0.142. The van der Waals surface area contributed by atoms with E-state index in [1.54, 1.807) is 0 Å². The first kappa shape index (κ1) is 18.6. The predicted octanol–water partition coefficient (Wildman–Crippen LogP) is 3.25. The maximum Gasteiger partial charge on any atom is 0.328 e. The second kappa shape index (κ2) is 6.67. The van der Waals surface area contributed by atoms with Crippen molar-refractivity contribution in [2.75, 3.05) is 6.61 Å². The van der Waals surface area contributed by atoms with Crippen molar-refractivity contribution >= 4 is 22.2 Å². The standard InChI is InChI=1S/C21H13F3N6O2/c22-10-1-2-14-17(7-10)29(9-26-14)20-25-8-15-19(28-20)30(21(31)27-15)16-3-4-32-18-12(16)5-11(23)6-13(18)24/h1-2,5-9,16H,3-4H2,(H,27,31)/t16-/m1/s1. The average molecular weight is 438 g/mol. The number of fused-ring (bicyclic) bond motifs is 3. The van der Waals surface area contributed by atoms with Crippen molar-refractivity contribution in [1.82, 2.24) is 29.1 Å². The maximum atomic E-state index is 14.3. The Morgan fingerprint density at radius 3 is 2.84 bits per heavy atom. The first-order valence-electron chi connectivity index (χ1n) is 9.71. The van der Waals surface area contributed by atoms with Crippen LogP contribution in [0.15, 0.2) is 47.7 Å². The first-order chi connectivity index (χ1) is 15.5. The van der Waals surface area contributed by atoms with Gasteiger partial charge in [0.2, 0.25) is 5.95 Å². The summed E-state index contributed by atoms with van der Waals surface area (Å²) in [5, 5.41) is 0. The Labute approximate surface area is 176 Å². The summed E-state index contributed by atoms with van der Waals surface area (Å²) in [5.74, 6) is -1.97. The molecule has 0 radical (unpaired) electrons. The molecule has 11 heteroatoms. The van der Waals surface area contributed by atoms with Crippen molar-refractivity contribution in [2.45, 2.75) is 12.5 Å². The van der Waals surface area contributed by atoms with Crippen molar-refractivity contribution in [1.29, 1.82) is 0 Å². The molecule has 160 valence electrons. The molecule has 5 aromatic rings. The smallest absolute Gasteiger partial charge is 0.328 e. The molecule has 4 heterocycles. The molecule has 8 nitrogen and oxygen atoms in total. The van der Waals surface area contributed by atoms with Gasteiger partial charge in [0.1, 0.15) is 23.5 Å². The Morgan fingerprint density at radius 2 is 1.97 bits per heavy atom. The molecular weight excluding hydrogens is 425 g/mol. The Balaban J connectivity index is 1.56. The fourth-order valence-corrected chi connectivity index (χ4v) is 4.13. The highest BCUT2D eigenvalue weighted by molar-refractivity contribution is 5.77. The molecule has 0 aliphatic carbocycles. The highest BCUT2D eigenvalue weighted by atomic mass is 19.1. The molecule has 3 aromatic heterocycles. The molecule has 0 fully saturated rings. The normalized spacial score (nSPS) is 15.8. The fourth-order valence-electron chi connectivity index (χ4n) is 4.13. The molecule has 1 atom stereocenters. The van der Waals surface area contributed by atoms with Gasteiger partial charge in [0.05, 0.1) is 29.9 Å². The number of rotatable bonds is 2. The molecule has 0 amide bonds. The highest BCUT2D eigenvalue weighted by Gasteiger charge is 2.30. The summed E-state index contributed by atoms with van der Waals surface area (Å²) >= 11 is 0. The number of nitrogens with one attached hydrogen (secondary N) is 1. The van der Waals surface area contributed by atoms with Crippen LogP contribution in [0.3, 0.4) is 0 Å². The lowest BCUT2D eigenvalue weighted by molar-refractivity contribution is 0.242. The van der Waals surface area contributed by atoms with E-state index in [4.69, 9.17) is 4.74 Å². The molecule has 1 aliphatic rings. The third-order valence-electron chi connectivity index (χ3n) is 5.51. The van der Waals surface area contributed by atoms with Crippen LogP contribution in [-0.4, -0.2) is 35.7 Å². The van der Waals surface area contributed by atoms with E-state index in [0.29, 0.717) is 23.0 Å². The minimum Gasteiger partial charge on any atom is -0.490 e. The van der Waals surface area contributed by atoms with Crippen LogP contribution in [0.5, 0.6) is 5.75 Å². The molecular formula is C21H13F3N6O2. The molecule has 0 saturated carbocycles. The average Bonchev–Trinajstić information content (AvgIpc) is 3.32. The summed E-state index contributed by atoms with van der Waals surface area (Å²) in [6, 6.07) is 5.33. The zero-order chi connectivity index (χ0) is 22.0. The quantitative estimate of drug-likeness (QED) is 0.457. The number of H-pyrrole nitrogens is 1. The molecule has 0 saturated heterocycles.